The first kappa shape index (κ1) is 15.5. The molecule has 4 nitrogen and oxygen atoms in total. The summed E-state index contributed by atoms with van der Waals surface area (Å²) >= 11 is 4.77. The van der Waals surface area contributed by atoms with Crippen molar-refractivity contribution in [2.45, 2.75) is 6.92 Å². The number of anilines is 1. The first-order valence-electron chi connectivity index (χ1n) is 6.03. The Kier molecular flexibility index (Phi) is 4.93. The monoisotopic (exact) mass is 365 g/mol. The molecule has 0 saturated carbocycles. The zero-order valence-electron chi connectivity index (χ0n) is 11.1. The molecule has 0 fully saturated rings. The van der Waals surface area contributed by atoms with Gasteiger partial charge in [-0.3, -0.25) is 4.79 Å². The van der Waals surface area contributed by atoms with Gasteiger partial charge in [0.15, 0.2) is 0 Å². The van der Waals surface area contributed by atoms with E-state index in [1.54, 1.807) is 23.6 Å². The fraction of sp³-hybridized carbons (Fsp3) is 0.0667. The molecule has 0 aliphatic heterocycles. The van der Waals surface area contributed by atoms with E-state index in [2.05, 4.69) is 21.2 Å². The lowest BCUT2D eigenvalue weighted by molar-refractivity contribution is -0.131. The molecule has 1 heterocycles. The Morgan fingerprint density at radius 3 is 2.67 bits per heavy atom. The molecular weight excluding hydrogens is 354 g/mol. The minimum absolute atomic E-state index is 0.172. The summed E-state index contributed by atoms with van der Waals surface area (Å²) in [7, 11) is 0. The van der Waals surface area contributed by atoms with E-state index in [-0.39, 0.29) is 5.91 Å². The maximum absolute atomic E-state index is 12.1. The highest BCUT2D eigenvalue weighted by Crippen LogP contribution is 2.23. The van der Waals surface area contributed by atoms with Crippen LogP contribution in [0, 0.1) is 6.92 Å². The van der Waals surface area contributed by atoms with Crippen LogP contribution in [0.25, 0.3) is 6.08 Å². The SMILES string of the molecule is Cc1cc(/C=C/C(=O)O)ccc1NC(=O)c1csc(Br)c1. The number of aliphatic carboxylic acids is 1. The largest absolute Gasteiger partial charge is 0.478 e. The van der Waals surface area contributed by atoms with Gasteiger partial charge in [-0.25, -0.2) is 4.79 Å². The standard InChI is InChI=1S/C15H12BrNO3S/c1-9-6-10(3-5-14(18)19)2-4-12(9)17-15(20)11-7-13(16)21-8-11/h2-8H,1H3,(H,17,20)(H,18,19)/b5-3+. The molecule has 108 valence electrons. The summed E-state index contributed by atoms with van der Waals surface area (Å²) in [5, 5.41) is 13.2. The number of rotatable bonds is 4. The molecule has 6 heteroatoms. The Hall–Kier alpha value is -1.92. The van der Waals surface area contributed by atoms with E-state index in [4.69, 9.17) is 5.11 Å². The fourth-order valence-corrected chi connectivity index (χ4v) is 2.86. The molecule has 0 bridgehead atoms. The molecule has 0 aliphatic rings. The van der Waals surface area contributed by atoms with Crippen molar-refractivity contribution in [3.8, 4) is 0 Å². The molecule has 0 unspecified atom stereocenters. The fourth-order valence-electron chi connectivity index (χ4n) is 1.72. The molecule has 2 rings (SSSR count). The van der Waals surface area contributed by atoms with Crippen LogP contribution in [0.15, 0.2) is 39.5 Å². The predicted octanol–water partition coefficient (Wildman–Crippen LogP) is 4.17. The van der Waals surface area contributed by atoms with Crippen LogP contribution in [0.1, 0.15) is 21.5 Å². The summed E-state index contributed by atoms with van der Waals surface area (Å²) in [6.07, 6.45) is 2.59. The Morgan fingerprint density at radius 2 is 2.10 bits per heavy atom. The van der Waals surface area contributed by atoms with Crippen molar-refractivity contribution in [1.82, 2.24) is 0 Å². The number of halogens is 1. The number of thiophene rings is 1. The number of hydrogen-bond donors (Lipinski definition) is 2. The predicted molar refractivity (Wildman–Crippen MR) is 87.8 cm³/mol. The quantitative estimate of drug-likeness (QED) is 0.799. The van der Waals surface area contributed by atoms with Crippen LogP contribution in [-0.2, 0) is 4.79 Å². The molecule has 0 radical (unpaired) electrons. The van der Waals surface area contributed by atoms with Gasteiger partial charge in [-0.1, -0.05) is 6.07 Å². The number of carbonyl (C=O) groups excluding carboxylic acids is 1. The van der Waals surface area contributed by atoms with Crippen LogP contribution < -0.4 is 5.32 Å². The average Bonchev–Trinajstić information content (AvgIpc) is 2.86. The highest BCUT2D eigenvalue weighted by molar-refractivity contribution is 9.11. The minimum atomic E-state index is -0.993. The summed E-state index contributed by atoms with van der Waals surface area (Å²) in [6.45, 7) is 1.86. The van der Waals surface area contributed by atoms with Crippen LogP contribution in [0.5, 0.6) is 0 Å². The number of carbonyl (C=O) groups is 2. The third kappa shape index (κ3) is 4.27. The highest BCUT2D eigenvalue weighted by atomic mass is 79.9. The van der Waals surface area contributed by atoms with Crippen LogP contribution in [-0.4, -0.2) is 17.0 Å². The molecule has 1 aromatic heterocycles. The normalized spacial score (nSPS) is 10.8. The molecule has 2 aromatic rings. The average molecular weight is 366 g/mol. The van der Waals surface area contributed by atoms with E-state index in [9.17, 15) is 9.59 Å². The molecule has 21 heavy (non-hydrogen) atoms. The minimum Gasteiger partial charge on any atom is -0.478 e. The van der Waals surface area contributed by atoms with Gasteiger partial charge in [0.25, 0.3) is 5.91 Å². The molecule has 2 N–H and O–H groups in total. The van der Waals surface area contributed by atoms with Crippen LogP contribution in [0.4, 0.5) is 5.69 Å². The van der Waals surface area contributed by atoms with Crippen molar-refractivity contribution in [1.29, 1.82) is 0 Å². The van der Waals surface area contributed by atoms with Crippen LogP contribution >= 0.6 is 27.3 Å². The second kappa shape index (κ2) is 6.69. The lowest BCUT2D eigenvalue weighted by Gasteiger charge is -2.08. The van der Waals surface area contributed by atoms with Crippen molar-refractivity contribution in [2.75, 3.05) is 5.32 Å². The first-order valence-corrected chi connectivity index (χ1v) is 7.70. The van der Waals surface area contributed by atoms with E-state index in [0.717, 1.165) is 21.0 Å². The van der Waals surface area contributed by atoms with E-state index in [1.165, 1.54) is 17.4 Å². The summed E-state index contributed by atoms with van der Waals surface area (Å²) in [4.78, 5) is 22.5. The van der Waals surface area contributed by atoms with Crippen molar-refractivity contribution >= 4 is 50.9 Å². The van der Waals surface area contributed by atoms with Crippen molar-refractivity contribution in [3.05, 3.63) is 56.2 Å². The Balaban J connectivity index is 2.14. The number of hydrogen-bond acceptors (Lipinski definition) is 3. The second-order valence-electron chi connectivity index (χ2n) is 4.34. The van der Waals surface area contributed by atoms with Crippen molar-refractivity contribution in [2.24, 2.45) is 0 Å². The lowest BCUT2D eigenvalue weighted by atomic mass is 10.1. The summed E-state index contributed by atoms with van der Waals surface area (Å²) in [5.74, 6) is -1.16. The third-order valence-electron chi connectivity index (χ3n) is 2.75. The maximum atomic E-state index is 12.1. The molecule has 0 atom stereocenters. The van der Waals surface area contributed by atoms with Gasteiger partial charge in [0.05, 0.1) is 9.35 Å². The topological polar surface area (TPSA) is 66.4 Å². The molecule has 0 saturated heterocycles. The Morgan fingerprint density at radius 1 is 1.33 bits per heavy atom. The van der Waals surface area contributed by atoms with Gasteiger partial charge in [-0.2, -0.15) is 0 Å². The van der Waals surface area contributed by atoms with Gasteiger partial charge in [-0.05, 0) is 58.3 Å². The van der Waals surface area contributed by atoms with Gasteiger partial charge >= 0.3 is 5.97 Å². The first-order chi connectivity index (χ1) is 9.95. The molecular formula is C15H12BrNO3S. The maximum Gasteiger partial charge on any atom is 0.328 e. The molecule has 0 aliphatic carbocycles. The number of carboxylic acids is 1. The van der Waals surface area contributed by atoms with Crippen LogP contribution in [0.3, 0.4) is 0 Å². The molecule has 1 amide bonds. The van der Waals surface area contributed by atoms with Crippen molar-refractivity contribution < 1.29 is 14.7 Å². The van der Waals surface area contributed by atoms with Gasteiger partial charge in [0.1, 0.15) is 0 Å². The number of nitrogens with one attached hydrogen (secondary N) is 1. The number of benzene rings is 1. The number of amides is 1. The molecule has 0 spiro atoms. The van der Waals surface area contributed by atoms with Gasteiger partial charge in [0.2, 0.25) is 0 Å². The van der Waals surface area contributed by atoms with Gasteiger partial charge in [-0.15, -0.1) is 11.3 Å². The van der Waals surface area contributed by atoms with E-state index in [1.807, 2.05) is 13.0 Å². The summed E-state index contributed by atoms with van der Waals surface area (Å²) in [6, 6.07) is 7.10. The van der Waals surface area contributed by atoms with E-state index in [0.29, 0.717) is 11.3 Å². The van der Waals surface area contributed by atoms with E-state index >= 15 is 0 Å². The smallest absolute Gasteiger partial charge is 0.328 e. The molecule has 1 aromatic carbocycles. The van der Waals surface area contributed by atoms with E-state index < -0.39 is 5.97 Å². The van der Waals surface area contributed by atoms with Crippen molar-refractivity contribution in [3.63, 3.8) is 0 Å². The Labute approximate surface area is 134 Å². The Bertz CT molecular complexity index is 721. The highest BCUT2D eigenvalue weighted by Gasteiger charge is 2.09. The zero-order chi connectivity index (χ0) is 15.4. The zero-order valence-corrected chi connectivity index (χ0v) is 13.5. The van der Waals surface area contributed by atoms with Crippen LogP contribution in [0.2, 0.25) is 0 Å². The van der Waals surface area contributed by atoms with Gasteiger partial charge < -0.3 is 10.4 Å². The third-order valence-corrected chi connectivity index (χ3v) is 4.25. The number of aryl methyl sites for hydroxylation is 1. The summed E-state index contributed by atoms with van der Waals surface area (Å²) in [5.41, 5.74) is 2.94. The second-order valence-corrected chi connectivity index (χ2v) is 6.63. The van der Waals surface area contributed by atoms with Gasteiger partial charge in [0, 0.05) is 17.1 Å². The lowest BCUT2D eigenvalue weighted by Crippen LogP contribution is -2.11. The number of carboxylic acid groups (broad SMARTS) is 1. The summed E-state index contributed by atoms with van der Waals surface area (Å²) < 4.78 is 0.901.